The van der Waals surface area contributed by atoms with Crippen LogP contribution in [-0.2, 0) is 6.54 Å². The molecule has 184 valence electrons. The van der Waals surface area contributed by atoms with Gasteiger partial charge in [-0.05, 0) is 19.1 Å². The SMILES string of the molecule is CC(O)(CNc1nc(-c2cc(-c3ccon3)n(Cc3cccc(F)c3F)n2)ncc1F)C(F)(F)F. The molecule has 0 fully saturated rings. The van der Waals surface area contributed by atoms with Crippen molar-refractivity contribution in [3.63, 3.8) is 0 Å². The molecule has 1 unspecified atom stereocenters. The van der Waals surface area contributed by atoms with E-state index in [-0.39, 0.29) is 29.3 Å². The van der Waals surface area contributed by atoms with Crippen molar-refractivity contribution in [3.8, 4) is 22.9 Å². The number of alkyl halides is 3. The lowest BCUT2D eigenvalue weighted by atomic mass is 10.1. The Bertz CT molecular complexity index is 1340. The van der Waals surface area contributed by atoms with E-state index in [2.05, 4.69) is 25.5 Å². The van der Waals surface area contributed by atoms with E-state index >= 15 is 0 Å². The summed E-state index contributed by atoms with van der Waals surface area (Å²) in [7, 11) is 0. The Kier molecular flexibility index (Phi) is 6.23. The largest absolute Gasteiger partial charge is 0.418 e. The van der Waals surface area contributed by atoms with Gasteiger partial charge in [0.15, 0.2) is 34.7 Å². The molecular formula is C21H16F6N6O2. The summed E-state index contributed by atoms with van der Waals surface area (Å²) < 4.78 is 86.8. The number of hydrogen-bond donors (Lipinski definition) is 2. The summed E-state index contributed by atoms with van der Waals surface area (Å²) in [5.41, 5.74) is -2.57. The van der Waals surface area contributed by atoms with E-state index in [1.54, 1.807) is 0 Å². The van der Waals surface area contributed by atoms with Crippen LogP contribution >= 0.6 is 0 Å². The lowest BCUT2D eigenvalue weighted by Crippen LogP contribution is -2.47. The van der Waals surface area contributed by atoms with E-state index in [9.17, 15) is 31.4 Å². The molecule has 14 heteroatoms. The minimum Gasteiger partial charge on any atom is -0.379 e. The molecule has 1 aromatic carbocycles. The molecule has 0 aliphatic carbocycles. The molecule has 35 heavy (non-hydrogen) atoms. The van der Waals surface area contributed by atoms with Crippen molar-refractivity contribution in [2.75, 3.05) is 11.9 Å². The predicted molar refractivity (Wildman–Crippen MR) is 109 cm³/mol. The smallest absolute Gasteiger partial charge is 0.379 e. The third-order valence-corrected chi connectivity index (χ3v) is 5.02. The summed E-state index contributed by atoms with van der Waals surface area (Å²) >= 11 is 0. The molecule has 0 amide bonds. The molecule has 8 nitrogen and oxygen atoms in total. The van der Waals surface area contributed by atoms with E-state index in [1.165, 1.54) is 35.2 Å². The first-order valence-corrected chi connectivity index (χ1v) is 9.93. The van der Waals surface area contributed by atoms with Crippen molar-refractivity contribution in [3.05, 3.63) is 65.8 Å². The standard InChI is InChI=1S/C21H16F6N6O2/c1-20(34,21(25,26)27)10-29-18-13(23)8-28-19(30-18)15-7-16(14-5-6-35-32-14)33(31-15)9-11-3-2-4-12(22)17(11)24/h2-8,34H,9-10H2,1H3,(H,28,29,30). The molecule has 2 N–H and O–H groups in total. The predicted octanol–water partition coefficient (Wildman–Crippen LogP) is 4.19. The van der Waals surface area contributed by atoms with Gasteiger partial charge < -0.3 is 14.9 Å². The molecule has 4 aromatic rings. The van der Waals surface area contributed by atoms with E-state index in [1.807, 2.05) is 0 Å². The number of benzene rings is 1. The van der Waals surface area contributed by atoms with Gasteiger partial charge in [-0.25, -0.2) is 23.1 Å². The van der Waals surface area contributed by atoms with Crippen LogP contribution in [0.4, 0.5) is 32.2 Å². The van der Waals surface area contributed by atoms with Crippen molar-refractivity contribution in [2.45, 2.75) is 25.2 Å². The van der Waals surface area contributed by atoms with Crippen LogP contribution in [-0.4, -0.2) is 48.3 Å². The number of rotatable bonds is 7. The van der Waals surface area contributed by atoms with Crippen LogP contribution in [0.3, 0.4) is 0 Å². The number of nitrogens with one attached hydrogen (secondary N) is 1. The summed E-state index contributed by atoms with van der Waals surface area (Å²) in [6.45, 7) is -0.786. The molecule has 0 aliphatic rings. The van der Waals surface area contributed by atoms with Gasteiger partial charge in [0.1, 0.15) is 17.7 Å². The van der Waals surface area contributed by atoms with Gasteiger partial charge in [-0.2, -0.15) is 18.3 Å². The van der Waals surface area contributed by atoms with E-state index < -0.39 is 41.6 Å². The Labute approximate surface area is 193 Å². The van der Waals surface area contributed by atoms with Crippen LogP contribution in [0.1, 0.15) is 12.5 Å². The lowest BCUT2D eigenvalue weighted by molar-refractivity contribution is -0.246. The molecule has 0 saturated carbocycles. The van der Waals surface area contributed by atoms with Crippen molar-refractivity contribution >= 4 is 5.82 Å². The number of hydrogen-bond acceptors (Lipinski definition) is 7. The zero-order chi connectivity index (χ0) is 25.4. The molecular weight excluding hydrogens is 482 g/mol. The second-order valence-electron chi connectivity index (χ2n) is 7.69. The minimum atomic E-state index is -4.97. The molecule has 0 radical (unpaired) electrons. The highest BCUT2D eigenvalue weighted by molar-refractivity contribution is 5.63. The molecule has 0 bridgehead atoms. The van der Waals surface area contributed by atoms with Crippen LogP contribution in [0.25, 0.3) is 22.9 Å². The summed E-state index contributed by atoms with van der Waals surface area (Å²) in [6.07, 6.45) is -2.98. The Morgan fingerprint density at radius 3 is 2.54 bits per heavy atom. The van der Waals surface area contributed by atoms with Gasteiger partial charge in [0.2, 0.25) is 0 Å². The highest BCUT2D eigenvalue weighted by Gasteiger charge is 2.49. The van der Waals surface area contributed by atoms with E-state index in [0.717, 1.165) is 6.07 Å². The van der Waals surface area contributed by atoms with Crippen molar-refractivity contribution in [2.24, 2.45) is 0 Å². The maximum Gasteiger partial charge on any atom is 0.418 e. The van der Waals surface area contributed by atoms with Gasteiger partial charge in [0.25, 0.3) is 0 Å². The maximum atomic E-state index is 14.2. The Morgan fingerprint density at radius 2 is 1.86 bits per heavy atom. The second-order valence-corrected chi connectivity index (χ2v) is 7.69. The number of aromatic nitrogens is 5. The zero-order valence-electron chi connectivity index (χ0n) is 17.8. The topological polar surface area (TPSA) is 102 Å². The van der Waals surface area contributed by atoms with Crippen LogP contribution in [0.15, 0.2) is 47.3 Å². The minimum absolute atomic E-state index is 0.0267. The summed E-state index contributed by atoms with van der Waals surface area (Å²) in [5.74, 6) is -3.98. The highest BCUT2D eigenvalue weighted by Crippen LogP contribution is 2.31. The molecule has 0 spiro atoms. The van der Waals surface area contributed by atoms with Crippen LogP contribution in [0.5, 0.6) is 0 Å². The molecule has 3 heterocycles. The van der Waals surface area contributed by atoms with Crippen molar-refractivity contribution in [1.29, 1.82) is 0 Å². The van der Waals surface area contributed by atoms with Crippen molar-refractivity contribution in [1.82, 2.24) is 24.9 Å². The average Bonchev–Trinajstić information content (AvgIpc) is 3.46. The fraction of sp³-hybridized carbons (Fsp3) is 0.238. The fourth-order valence-corrected chi connectivity index (χ4v) is 3.00. The fourth-order valence-electron chi connectivity index (χ4n) is 3.00. The number of anilines is 1. The van der Waals surface area contributed by atoms with Gasteiger partial charge in [0.05, 0.1) is 25.0 Å². The first-order valence-electron chi connectivity index (χ1n) is 9.93. The molecule has 0 aliphatic heterocycles. The zero-order valence-corrected chi connectivity index (χ0v) is 17.8. The maximum absolute atomic E-state index is 14.2. The van der Waals surface area contributed by atoms with Crippen LogP contribution < -0.4 is 5.32 Å². The Hall–Kier alpha value is -3.94. The third-order valence-electron chi connectivity index (χ3n) is 5.02. The summed E-state index contributed by atoms with van der Waals surface area (Å²) in [6, 6.07) is 6.54. The van der Waals surface area contributed by atoms with Gasteiger partial charge >= 0.3 is 6.18 Å². The first kappa shape index (κ1) is 24.2. The molecule has 4 rings (SSSR count). The Balaban J connectivity index is 1.69. The van der Waals surface area contributed by atoms with Crippen LogP contribution in [0.2, 0.25) is 0 Å². The normalized spacial score (nSPS) is 13.6. The van der Waals surface area contributed by atoms with Gasteiger partial charge in [-0.3, -0.25) is 4.68 Å². The van der Waals surface area contributed by atoms with E-state index in [0.29, 0.717) is 18.8 Å². The van der Waals surface area contributed by atoms with E-state index in [4.69, 9.17) is 4.52 Å². The first-order chi connectivity index (χ1) is 16.5. The Morgan fingerprint density at radius 1 is 1.09 bits per heavy atom. The lowest BCUT2D eigenvalue weighted by Gasteiger charge is -2.26. The summed E-state index contributed by atoms with van der Waals surface area (Å²) in [4.78, 5) is 7.68. The molecule has 0 saturated heterocycles. The number of halogens is 6. The summed E-state index contributed by atoms with van der Waals surface area (Å²) in [5, 5.41) is 19.8. The molecule has 1 atom stereocenters. The molecule has 3 aromatic heterocycles. The van der Waals surface area contributed by atoms with Crippen LogP contribution in [0, 0.1) is 17.5 Å². The van der Waals surface area contributed by atoms with Crippen molar-refractivity contribution < 1.29 is 36.0 Å². The number of nitrogens with zero attached hydrogens (tertiary/aromatic N) is 5. The second kappa shape index (κ2) is 9.02. The van der Waals surface area contributed by atoms with Gasteiger partial charge in [-0.1, -0.05) is 17.3 Å². The monoisotopic (exact) mass is 498 g/mol. The van der Waals surface area contributed by atoms with Gasteiger partial charge in [-0.15, -0.1) is 0 Å². The quantitative estimate of drug-likeness (QED) is 0.369. The third kappa shape index (κ3) is 4.96. The average molecular weight is 498 g/mol. The van der Waals surface area contributed by atoms with Gasteiger partial charge in [0, 0.05) is 11.6 Å². The number of aliphatic hydroxyl groups is 1. The highest BCUT2D eigenvalue weighted by atomic mass is 19.4.